The van der Waals surface area contributed by atoms with Crippen molar-refractivity contribution in [3.63, 3.8) is 0 Å². The van der Waals surface area contributed by atoms with Crippen LogP contribution in [0.2, 0.25) is 0 Å². The first-order valence-electron chi connectivity index (χ1n) is 9.11. The number of hydrogen-bond donors (Lipinski definition) is 0. The molecular weight excluding hydrogens is 440 g/mol. The van der Waals surface area contributed by atoms with Crippen molar-refractivity contribution in [2.45, 2.75) is 26.7 Å². The lowest BCUT2D eigenvalue weighted by molar-refractivity contribution is -0.384. The van der Waals surface area contributed by atoms with Crippen LogP contribution in [0.15, 0.2) is 50.8 Å². The first-order chi connectivity index (χ1) is 13.9. The summed E-state index contributed by atoms with van der Waals surface area (Å²) < 4.78 is 7.54. The van der Waals surface area contributed by atoms with E-state index >= 15 is 0 Å². The molecule has 0 radical (unpaired) electrons. The highest BCUT2D eigenvalue weighted by molar-refractivity contribution is 9.10. The lowest BCUT2D eigenvalue weighted by atomic mass is 10.2. The molecule has 150 valence electrons. The number of halogens is 1. The predicted molar refractivity (Wildman–Crippen MR) is 115 cm³/mol. The maximum absolute atomic E-state index is 13.0. The molecule has 0 fully saturated rings. The van der Waals surface area contributed by atoms with E-state index in [9.17, 15) is 14.9 Å². The number of rotatable bonds is 7. The zero-order valence-corrected chi connectivity index (χ0v) is 17.5. The van der Waals surface area contributed by atoms with Crippen molar-refractivity contribution in [3.8, 4) is 5.75 Å². The molecule has 1 aromatic heterocycles. The smallest absolute Gasteiger partial charge is 0.282 e. The number of nitrogens with zero attached hydrogens (tertiary/aromatic N) is 4. The van der Waals surface area contributed by atoms with Crippen molar-refractivity contribution in [2.24, 2.45) is 5.10 Å². The molecule has 0 aliphatic heterocycles. The molecule has 0 aliphatic carbocycles. The molecule has 0 saturated carbocycles. The highest BCUT2D eigenvalue weighted by Crippen LogP contribution is 2.23. The van der Waals surface area contributed by atoms with Gasteiger partial charge in [0.15, 0.2) is 0 Å². The quantitative estimate of drug-likeness (QED) is 0.298. The second kappa shape index (κ2) is 8.95. The standard InChI is InChI=1S/C20H19BrN4O4/c1-3-5-19-23-17-8-6-14(21)11-16(17)20(26)24(19)22-12-13-10-15(25(27)28)7-9-18(13)29-4-2/h6-12H,3-5H2,1-2H3. The third kappa shape index (κ3) is 4.51. The Hall–Kier alpha value is -3.07. The van der Waals surface area contributed by atoms with E-state index < -0.39 is 4.92 Å². The van der Waals surface area contributed by atoms with Gasteiger partial charge in [0.1, 0.15) is 11.6 Å². The first kappa shape index (κ1) is 20.7. The van der Waals surface area contributed by atoms with Gasteiger partial charge in [-0.2, -0.15) is 9.78 Å². The summed E-state index contributed by atoms with van der Waals surface area (Å²) in [6, 6.07) is 9.56. The third-order valence-electron chi connectivity index (χ3n) is 4.17. The van der Waals surface area contributed by atoms with Crippen molar-refractivity contribution >= 4 is 38.7 Å². The largest absolute Gasteiger partial charge is 0.493 e. The van der Waals surface area contributed by atoms with Gasteiger partial charge in [-0.3, -0.25) is 14.9 Å². The molecule has 0 N–H and O–H groups in total. The topological polar surface area (TPSA) is 99.6 Å². The van der Waals surface area contributed by atoms with E-state index in [2.05, 4.69) is 26.0 Å². The van der Waals surface area contributed by atoms with Gasteiger partial charge in [-0.15, -0.1) is 0 Å². The fourth-order valence-corrected chi connectivity index (χ4v) is 3.22. The van der Waals surface area contributed by atoms with Crippen LogP contribution in [0, 0.1) is 10.1 Å². The average Bonchev–Trinajstić information content (AvgIpc) is 2.69. The van der Waals surface area contributed by atoms with Crippen molar-refractivity contribution in [1.82, 2.24) is 9.66 Å². The molecule has 2 aromatic carbocycles. The Balaban J connectivity index is 2.16. The van der Waals surface area contributed by atoms with E-state index in [0.29, 0.717) is 41.1 Å². The monoisotopic (exact) mass is 458 g/mol. The average molecular weight is 459 g/mol. The number of hydrogen-bond acceptors (Lipinski definition) is 6. The molecule has 0 unspecified atom stereocenters. The van der Waals surface area contributed by atoms with Crippen LogP contribution in [0.1, 0.15) is 31.7 Å². The summed E-state index contributed by atoms with van der Waals surface area (Å²) in [5, 5.41) is 15.9. The Morgan fingerprint density at radius 1 is 1.28 bits per heavy atom. The number of ether oxygens (including phenoxy) is 1. The van der Waals surface area contributed by atoms with Gasteiger partial charge in [0.2, 0.25) is 0 Å². The second-order valence-electron chi connectivity index (χ2n) is 6.21. The molecule has 0 atom stereocenters. The summed E-state index contributed by atoms with van der Waals surface area (Å²) in [6.45, 7) is 4.20. The maximum atomic E-state index is 13.0. The van der Waals surface area contributed by atoms with Gasteiger partial charge in [0.05, 0.1) is 28.6 Å². The van der Waals surface area contributed by atoms with Gasteiger partial charge < -0.3 is 4.74 Å². The number of non-ortho nitro benzene ring substituents is 1. The molecule has 0 saturated heterocycles. The summed E-state index contributed by atoms with van der Waals surface area (Å²) >= 11 is 3.37. The van der Waals surface area contributed by atoms with Crippen LogP contribution >= 0.6 is 15.9 Å². The van der Waals surface area contributed by atoms with Crippen LogP contribution in [0.4, 0.5) is 5.69 Å². The zero-order chi connectivity index (χ0) is 21.0. The minimum atomic E-state index is -0.489. The van der Waals surface area contributed by atoms with Gasteiger partial charge in [0, 0.05) is 28.6 Å². The Labute approximate surface area is 175 Å². The number of fused-ring (bicyclic) bond motifs is 1. The molecule has 8 nitrogen and oxygen atoms in total. The maximum Gasteiger partial charge on any atom is 0.282 e. The Morgan fingerprint density at radius 3 is 2.76 bits per heavy atom. The van der Waals surface area contributed by atoms with Gasteiger partial charge >= 0.3 is 0 Å². The molecule has 0 amide bonds. The molecule has 1 heterocycles. The van der Waals surface area contributed by atoms with Gasteiger partial charge in [-0.1, -0.05) is 22.9 Å². The fourth-order valence-electron chi connectivity index (χ4n) is 2.86. The lowest BCUT2D eigenvalue weighted by Crippen LogP contribution is -2.22. The highest BCUT2D eigenvalue weighted by atomic mass is 79.9. The van der Waals surface area contributed by atoms with Gasteiger partial charge in [-0.05, 0) is 37.6 Å². The van der Waals surface area contributed by atoms with Crippen LogP contribution in [0.5, 0.6) is 5.75 Å². The third-order valence-corrected chi connectivity index (χ3v) is 4.66. The number of benzene rings is 2. The summed E-state index contributed by atoms with van der Waals surface area (Å²) in [7, 11) is 0. The molecule has 0 aliphatic rings. The van der Waals surface area contributed by atoms with Crippen LogP contribution in [0.25, 0.3) is 10.9 Å². The van der Waals surface area contributed by atoms with Crippen LogP contribution in [-0.2, 0) is 6.42 Å². The van der Waals surface area contributed by atoms with E-state index in [0.717, 1.165) is 10.9 Å². The number of nitro benzene ring substituents is 1. The molecular formula is C20H19BrN4O4. The Kier molecular flexibility index (Phi) is 6.38. The van der Waals surface area contributed by atoms with Crippen molar-refractivity contribution in [3.05, 3.63) is 72.7 Å². The van der Waals surface area contributed by atoms with Crippen molar-refractivity contribution < 1.29 is 9.66 Å². The molecule has 29 heavy (non-hydrogen) atoms. The number of aryl methyl sites for hydroxylation is 1. The molecule has 0 spiro atoms. The van der Waals surface area contributed by atoms with E-state index in [-0.39, 0.29) is 11.2 Å². The number of aromatic nitrogens is 2. The van der Waals surface area contributed by atoms with E-state index in [1.54, 1.807) is 12.1 Å². The molecule has 3 rings (SSSR count). The van der Waals surface area contributed by atoms with Gasteiger partial charge in [-0.25, -0.2) is 4.98 Å². The van der Waals surface area contributed by atoms with Gasteiger partial charge in [0.25, 0.3) is 11.2 Å². The number of nitro groups is 1. The van der Waals surface area contributed by atoms with Crippen LogP contribution in [-0.4, -0.2) is 27.4 Å². The summed E-state index contributed by atoms with van der Waals surface area (Å²) in [4.78, 5) is 28.2. The fraction of sp³-hybridized carbons (Fsp3) is 0.250. The zero-order valence-electron chi connectivity index (χ0n) is 16.0. The summed E-state index contributed by atoms with van der Waals surface area (Å²) in [5.41, 5.74) is 0.610. The summed E-state index contributed by atoms with van der Waals surface area (Å²) in [5.74, 6) is 0.968. The summed E-state index contributed by atoms with van der Waals surface area (Å²) in [6.07, 6.45) is 2.74. The normalized spacial score (nSPS) is 11.3. The van der Waals surface area contributed by atoms with Crippen molar-refractivity contribution in [2.75, 3.05) is 6.61 Å². The molecule has 3 aromatic rings. The van der Waals surface area contributed by atoms with E-state index in [1.807, 2.05) is 19.9 Å². The van der Waals surface area contributed by atoms with Crippen molar-refractivity contribution in [1.29, 1.82) is 0 Å². The van der Waals surface area contributed by atoms with E-state index in [1.165, 1.54) is 29.1 Å². The minimum absolute atomic E-state index is 0.0865. The second-order valence-corrected chi connectivity index (χ2v) is 7.13. The molecule has 0 bridgehead atoms. The predicted octanol–water partition coefficient (Wildman–Crippen LogP) is 4.30. The lowest BCUT2D eigenvalue weighted by Gasteiger charge is -2.10. The Bertz CT molecular complexity index is 1160. The highest BCUT2D eigenvalue weighted by Gasteiger charge is 2.13. The van der Waals surface area contributed by atoms with Crippen LogP contribution < -0.4 is 10.3 Å². The Morgan fingerprint density at radius 2 is 2.07 bits per heavy atom. The minimum Gasteiger partial charge on any atom is -0.493 e. The van der Waals surface area contributed by atoms with E-state index in [4.69, 9.17) is 4.74 Å². The first-order valence-corrected chi connectivity index (χ1v) is 9.90. The molecule has 9 heteroatoms. The van der Waals surface area contributed by atoms with Crippen LogP contribution in [0.3, 0.4) is 0 Å². The SMILES string of the molecule is CCCc1nc2ccc(Br)cc2c(=O)n1N=Cc1cc([N+](=O)[O-])ccc1OCC.